The number of carbonyl (C=O) groups is 1. The second kappa shape index (κ2) is 4.30. The average Bonchev–Trinajstić information content (AvgIpc) is 2.04. The van der Waals surface area contributed by atoms with Gasteiger partial charge in [0.2, 0.25) is 5.91 Å². The van der Waals surface area contributed by atoms with Crippen LogP contribution < -0.4 is 5.32 Å². The molecule has 0 spiro atoms. The van der Waals surface area contributed by atoms with Crippen molar-refractivity contribution in [2.45, 2.75) is 6.92 Å². The largest absolute Gasteiger partial charge is 0.508 e. The molecule has 0 aliphatic rings. The second-order valence-corrected chi connectivity index (χ2v) is 2.54. The van der Waals surface area contributed by atoms with Gasteiger partial charge in [-0.15, -0.1) is 0 Å². The van der Waals surface area contributed by atoms with Crippen molar-refractivity contribution in [3.63, 3.8) is 0 Å². The third-order valence-electron chi connectivity index (χ3n) is 1.43. The van der Waals surface area contributed by atoms with Crippen LogP contribution in [0, 0.1) is 0 Å². The Kier molecular flexibility index (Phi) is 3.09. The SMILES string of the molecule is C/C=C/C(=O)Nc1cccc(O)c1. The lowest BCUT2D eigenvalue weighted by Gasteiger charge is -2.01. The van der Waals surface area contributed by atoms with Gasteiger partial charge in [-0.2, -0.15) is 0 Å². The van der Waals surface area contributed by atoms with E-state index in [0.717, 1.165) is 0 Å². The number of phenolic OH excluding ortho intramolecular Hbond substituents is 1. The van der Waals surface area contributed by atoms with E-state index in [0.29, 0.717) is 5.69 Å². The van der Waals surface area contributed by atoms with Crippen LogP contribution in [0.4, 0.5) is 5.69 Å². The van der Waals surface area contributed by atoms with Crippen molar-refractivity contribution in [1.82, 2.24) is 0 Å². The third kappa shape index (κ3) is 2.99. The van der Waals surface area contributed by atoms with Gasteiger partial charge in [-0.05, 0) is 25.1 Å². The van der Waals surface area contributed by atoms with E-state index in [1.54, 1.807) is 31.2 Å². The molecule has 2 N–H and O–H groups in total. The molecule has 68 valence electrons. The summed E-state index contributed by atoms with van der Waals surface area (Å²) in [6, 6.07) is 6.41. The van der Waals surface area contributed by atoms with Crippen LogP contribution in [0.15, 0.2) is 36.4 Å². The van der Waals surface area contributed by atoms with Crippen LogP contribution in [-0.4, -0.2) is 11.0 Å². The molecular weight excluding hydrogens is 166 g/mol. The van der Waals surface area contributed by atoms with E-state index < -0.39 is 0 Å². The van der Waals surface area contributed by atoms with E-state index in [1.807, 2.05) is 0 Å². The number of nitrogens with one attached hydrogen (secondary N) is 1. The predicted octanol–water partition coefficient (Wildman–Crippen LogP) is 1.91. The summed E-state index contributed by atoms with van der Waals surface area (Å²) in [5, 5.41) is 11.7. The number of benzene rings is 1. The fourth-order valence-electron chi connectivity index (χ4n) is 0.919. The Hall–Kier alpha value is -1.77. The van der Waals surface area contributed by atoms with E-state index in [4.69, 9.17) is 5.11 Å². The van der Waals surface area contributed by atoms with Crippen molar-refractivity contribution in [1.29, 1.82) is 0 Å². The fourth-order valence-corrected chi connectivity index (χ4v) is 0.919. The van der Waals surface area contributed by atoms with E-state index >= 15 is 0 Å². The number of anilines is 1. The maximum atomic E-state index is 11.0. The van der Waals surface area contributed by atoms with Gasteiger partial charge in [0, 0.05) is 11.8 Å². The van der Waals surface area contributed by atoms with Gasteiger partial charge in [0.25, 0.3) is 0 Å². The minimum Gasteiger partial charge on any atom is -0.508 e. The number of hydrogen-bond donors (Lipinski definition) is 2. The van der Waals surface area contributed by atoms with Crippen LogP contribution in [0.5, 0.6) is 5.75 Å². The molecule has 0 aliphatic carbocycles. The van der Waals surface area contributed by atoms with Crippen LogP contribution in [-0.2, 0) is 4.79 Å². The predicted molar refractivity (Wildman–Crippen MR) is 51.6 cm³/mol. The first-order valence-corrected chi connectivity index (χ1v) is 3.95. The molecule has 0 fully saturated rings. The van der Waals surface area contributed by atoms with E-state index in [9.17, 15) is 4.79 Å². The summed E-state index contributed by atoms with van der Waals surface area (Å²) in [5.41, 5.74) is 0.586. The summed E-state index contributed by atoms with van der Waals surface area (Å²) in [6.07, 6.45) is 3.07. The van der Waals surface area contributed by atoms with Gasteiger partial charge in [0.1, 0.15) is 5.75 Å². The highest BCUT2D eigenvalue weighted by molar-refractivity contribution is 5.99. The van der Waals surface area contributed by atoms with Gasteiger partial charge in [-0.3, -0.25) is 4.79 Å². The molecule has 0 heterocycles. The Morgan fingerprint density at radius 1 is 1.54 bits per heavy atom. The number of phenols is 1. The third-order valence-corrected chi connectivity index (χ3v) is 1.43. The molecule has 0 saturated carbocycles. The lowest BCUT2D eigenvalue weighted by atomic mass is 10.3. The maximum Gasteiger partial charge on any atom is 0.248 e. The minimum atomic E-state index is -0.201. The number of carbonyl (C=O) groups excluding carboxylic acids is 1. The normalized spacial score (nSPS) is 10.2. The Bertz CT molecular complexity index is 331. The van der Waals surface area contributed by atoms with Crippen LogP contribution in [0.2, 0.25) is 0 Å². The molecule has 13 heavy (non-hydrogen) atoms. The van der Waals surface area contributed by atoms with Gasteiger partial charge in [0.05, 0.1) is 0 Å². The molecule has 0 radical (unpaired) electrons. The van der Waals surface area contributed by atoms with Gasteiger partial charge in [0.15, 0.2) is 0 Å². The fraction of sp³-hybridized carbons (Fsp3) is 0.100. The molecule has 1 aromatic rings. The van der Waals surface area contributed by atoms with E-state index in [2.05, 4.69) is 5.32 Å². The van der Waals surface area contributed by atoms with Crippen molar-refractivity contribution in [2.24, 2.45) is 0 Å². The van der Waals surface area contributed by atoms with Crippen molar-refractivity contribution in [3.05, 3.63) is 36.4 Å². The van der Waals surface area contributed by atoms with Crippen molar-refractivity contribution < 1.29 is 9.90 Å². The minimum absolute atomic E-state index is 0.137. The van der Waals surface area contributed by atoms with Crippen molar-refractivity contribution >= 4 is 11.6 Å². The molecule has 3 heteroatoms. The lowest BCUT2D eigenvalue weighted by molar-refractivity contribution is -0.111. The zero-order valence-electron chi connectivity index (χ0n) is 7.32. The van der Waals surface area contributed by atoms with Gasteiger partial charge < -0.3 is 10.4 Å². The van der Waals surface area contributed by atoms with Crippen LogP contribution in [0.3, 0.4) is 0 Å². The summed E-state index contributed by atoms with van der Waals surface area (Å²) in [5.74, 6) is -0.0635. The Morgan fingerprint density at radius 2 is 2.31 bits per heavy atom. The lowest BCUT2D eigenvalue weighted by Crippen LogP contribution is -2.07. The second-order valence-electron chi connectivity index (χ2n) is 2.54. The highest BCUT2D eigenvalue weighted by Gasteiger charge is 1.96. The summed E-state index contributed by atoms with van der Waals surface area (Å²) in [4.78, 5) is 11.0. The van der Waals surface area contributed by atoms with Gasteiger partial charge in [-0.1, -0.05) is 12.1 Å². The van der Waals surface area contributed by atoms with Crippen molar-refractivity contribution in [3.8, 4) is 5.75 Å². The molecule has 0 aliphatic heterocycles. The first-order chi connectivity index (χ1) is 6.22. The highest BCUT2D eigenvalue weighted by atomic mass is 16.3. The molecule has 1 amide bonds. The molecule has 0 unspecified atom stereocenters. The molecule has 1 rings (SSSR count). The monoisotopic (exact) mass is 177 g/mol. The molecule has 0 aromatic heterocycles. The van der Waals surface area contributed by atoms with E-state index in [1.165, 1.54) is 12.1 Å². The number of allylic oxidation sites excluding steroid dienone is 1. The van der Waals surface area contributed by atoms with Crippen molar-refractivity contribution in [2.75, 3.05) is 5.32 Å². The first-order valence-electron chi connectivity index (χ1n) is 3.95. The average molecular weight is 177 g/mol. The molecular formula is C10H11NO2. The Balaban J connectivity index is 2.69. The summed E-state index contributed by atoms with van der Waals surface area (Å²) < 4.78 is 0. The number of hydrogen-bond acceptors (Lipinski definition) is 2. The van der Waals surface area contributed by atoms with Crippen LogP contribution in [0.25, 0.3) is 0 Å². The molecule has 1 aromatic carbocycles. The molecule has 3 nitrogen and oxygen atoms in total. The van der Waals surface area contributed by atoms with Gasteiger partial charge in [-0.25, -0.2) is 0 Å². The zero-order chi connectivity index (χ0) is 9.68. The maximum absolute atomic E-state index is 11.0. The van der Waals surface area contributed by atoms with Gasteiger partial charge >= 0.3 is 0 Å². The number of aromatic hydroxyl groups is 1. The van der Waals surface area contributed by atoms with Crippen LogP contribution >= 0.6 is 0 Å². The highest BCUT2D eigenvalue weighted by Crippen LogP contribution is 2.14. The zero-order valence-corrected chi connectivity index (χ0v) is 7.32. The summed E-state index contributed by atoms with van der Waals surface area (Å²) in [7, 11) is 0. The number of rotatable bonds is 2. The molecule has 0 saturated heterocycles. The van der Waals surface area contributed by atoms with E-state index in [-0.39, 0.29) is 11.7 Å². The first kappa shape index (κ1) is 9.32. The topological polar surface area (TPSA) is 49.3 Å². The quantitative estimate of drug-likeness (QED) is 0.678. The summed E-state index contributed by atoms with van der Waals surface area (Å²) in [6.45, 7) is 1.77. The molecule has 0 atom stereocenters. The Morgan fingerprint density at radius 3 is 2.92 bits per heavy atom. The molecule has 0 bridgehead atoms. The summed E-state index contributed by atoms with van der Waals surface area (Å²) >= 11 is 0. The standard InChI is InChI=1S/C10H11NO2/c1-2-4-10(13)11-8-5-3-6-9(12)7-8/h2-7,12H,1H3,(H,11,13)/b4-2+. The smallest absolute Gasteiger partial charge is 0.248 e. The number of amides is 1. The van der Waals surface area contributed by atoms with Crippen LogP contribution in [0.1, 0.15) is 6.92 Å². The Labute approximate surface area is 76.7 Å².